The van der Waals surface area contributed by atoms with Gasteiger partial charge in [-0.1, -0.05) is 25.3 Å². The molecule has 0 aliphatic rings. The Labute approximate surface area is 97.6 Å². The molecule has 0 fully saturated rings. The third kappa shape index (κ3) is 2.70. The van der Waals surface area contributed by atoms with E-state index in [2.05, 4.69) is 12.8 Å². The monoisotopic (exact) mass is 218 g/mol. The lowest BCUT2D eigenvalue weighted by Crippen LogP contribution is -1.97. The number of hydrogen-bond acceptors (Lipinski definition) is 2. The molecule has 0 N–H and O–H groups in total. The van der Waals surface area contributed by atoms with Crippen LogP contribution in [0.4, 0.5) is 0 Å². The van der Waals surface area contributed by atoms with Crippen molar-refractivity contribution in [3.63, 3.8) is 0 Å². The second kappa shape index (κ2) is 6.07. The standard InChI is InChI=1S/C14H18O2/c1-5-7-11(6-2)12-8-9-13(15-3)14(10-12)16-4/h2,8-11H,5,7H2,1,3-4H3/t11-/m0/s1. The summed E-state index contributed by atoms with van der Waals surface area (Å²) in [5, 5.41) is 0. The molecule has 0 heterocycles. The highest BCUT2D eigenvalue weighted by Crippen LogP contribution is 2.31. The minimum atomic E-state index is 0.157. The maximum absolute atomic E-state index is 5.53. The van der Waals surface area contributed by atoms with Gasteiger partial charge in [0, 0.05) is 5.92 Å². The van der Waals surface area contributed by atoms with Crippen molar-refractivity contribution in [3.05, 3.63) is 23.8 Å². The third-order valence-corrected chi connectivity index (χ3v) is 2.59. The van der Waals surface area contributed by atoms with E-state index in [0.717, 1.165) is 29.9 Å². The molecule has 0 saturated carbocycles. The molecule has 0 amide bonds. The normalized spacial score (nSPS) is 11.6. The fraction of sp³-hybridized carbons (Fsp3) is 0.429. The average Bonchev–Trinajstić information content (AvgIpc) is 2.35. The Morgan fingerprint density at radius 2 is 1.94 bits per heavy atom. The van der Waals surface area contributed by atoms with E-state index in [1.165, 1.54) is 0 Å². The first-order valence-electron chi connectivity index (χ1n) is 5.44. The van der Waals surface area contributed by atoms with E-state index < -0.39 is 0 Å². The highest BCUT2D eigenvalue weighted by molar-refractivity contribution is 5.45. The topological polar surface area (TPSA) is 18.5 Å². The van der Waals surface area contributed by atoms with Crippen molar-refractivity contribution in [1.29, 1.82) is 0 Å². The summed E-state index contributed by atoms with van der Waals surface area (Å²) in [6.07, 6.45) is 7.60. The van der Waals surface area contributed by atoms with Gasteiger partial charge in [-0.25, -0.2) is 0 Å². The van der Waals surface area contributed by atoms with Crippen molar-refractivity contribution < 1.29 is 9.47 Å². The molecule has 1 aromatic carbocycles. The van der Waals surface area contributed by atoms with Gasteiger partial charge in [0.2, 0.25) is 0 Å². The van der Waals surface area contributed by atoms with E-state index in [1.54, 1.807) is 14.2 Å². The molecule has 0 aromatic heterocycles. The summed E-state index contributed by atoms with van der Waals surface area (Å²) in [6.45, 7) is 2.13. The van der Waals surface area contributed by atoms with E-state index in [-0.39, 0.29) is 5.92 Å². The van der Waals surface area contributed by atoms with Crippen LogP contribution in [0.5, 0.6) is 11.5 Å². The Morgan fingerprint density at radius 1 is 1.25 bits per heavy atom. The molecule has 1 atom stereocenters. The van der Waals surface area contributed by atoms with Gasteiger partial charge in [0.25, 0.3) is 0 Å². The quantitative estimate of drug-likeness (QED) is 0.706. The van der Waals surface area contributed by atoms with Crippen LogP contribution in [0.25, 0.3) is 0 Å². The first-order valence-corrected chi connectivity index (χ1v) is 5.44. The summed E-state index contributed by atoms with van der Waals surface area (Å²) < 4.78 is 10.4. The third-order valence-electron chi connectivity index (χ3n) is 2.59. The van der Waals surface area contributed by atoms with Gasteiger partial charge in [0.15, 0.2) is 11.5 Å². The van der Waals surface area contributed by atoms with E-state index in [9.17, 15) is 0 Å². The summed E-state index contributed by atoms with van der Waals surface area (Å²) in [6, 6.07) is 5.86. The molecule has 2 nitrogen and oxygen atoms in total. The summed E-state index contributed by atoms with van der Waals surface area (Å²) >= 11 is 0. The zero-order chi connectivity index (χ0) is 12.0. The van der Waals surface area contributed by atoms with E-state index in [1.807, 2.05) is 18.2 Å². The minimum Gasteiger partial charge on any atom is -0.493 e. The molecular formula is C14H18O2. The molecule has 0 unspecified atom stereocenters. The van der Waals surface area contributed by atoms with Crippen LogP contribution >= 0.6 is 0 Å². The molecule has 0 aliphatic carbocycles. The molecule has 16 heavy (non-hydrogen) atoms. The molecule has 0 bridgehead atoms. The Bertz CT molecular complexity index is 377. The van der Waals surface area contributed by atoms with Crippen molar-refractivity contribution in [3.8, 4) is 23.8 Å². The van der Waals surface area contributed by atoms with Gasteiger partial charge >= 0.3 is 0 Å². The largest absolute Gasteiger partial charge is 0.493 e. The molecule has 0 spiro atoms. The smallest absolute Gasteiger partial charge is 0.161 e. The number of rotatable bonds is 5. The van der Waals surface area contributed by atoms with Crippen LogP contribution in [-0.4, -0.2) is 14.2 Å². The Hall–Kier alpha value is -1.62. The van der Waals surface area contributed by atoms with Gasteiger partial charge in [-0.2, -0.15) is 0 Å². The van der Waals surface area contributed by atoms with Crippen molar-refractivity contribution in [2.24, 2.45) is 0 Å². The molecule has 1 aromatic rings. The van der Waals surface area contributed by atoms with E-state index in [0.29, 0.717) is 0 Å². The van der Waals surface area contributed by atoms with Crippen LogP contribution in [0, 0.1) is 12.3 Å². The maximum atomic E-state index is 5.53. The summed E-state index contributed by atoms with van der Waals surface area (Å²) in [5.74, 6) is 4.44. The average molecular weight is 218 g/mol. The lowest BCUT2D eigenvalue weighted by Gasteiger charge is -2.13. The van der Waals surface area contributed by atoms with E-state index in [4.69, 9.17) is 15.9 Å². The predicted octanol–water partition coefficient (Wildman–Crippen LogP) is 3.22. The van der Waals surface area contributed by atoms with Gasteiger partial charge in [0.05, 0.1) is 14.2 Å². The highest BCUT2D eigenvalue weighted by Gasteiger charge is 2.11. The molecular weight excluding hydrogens is 200 g/mol. The fourth-order valence-electron chi connectivity index (χ4n) is 1.70. The number of ether oxygens (including phenoxy) is 2. The minimum absolute atomic E-state index is 0.157. The van der Waals surface area contributed by atoms with Crippen molar-refractivity contribution in [2.45, 2.75) is 25.7 Å². The van der Waals surface area contributed by atoms with Gasteiger partial charge in [-0.15, -0.1) is 6.42 Å². The zero-order valence-corrected chi connectivity index (χ0v) is 10.1. The molecule has 0 radical (unpaired) electrons. The highest BCUT2D eigenvalue weighted by atomic mass is 16.5. The van der Waals surface area contributed by atoms with Crippen LogP contribution in [0.1, 0.15) is 31.2 Å². The van der Waals surface area contributed by atoms with Crippen molar-refractivity contribution >= 4 is 0 Å². The first-order chi connectivity index (χ1) is 7.76. The first kappa shape index (κ1) is 12.4. The van der Waals surface area contributed by atoms with Crippen LogP contribution in [0.2, 0.25) is 0 Å². The number of benzene rings is 1. The van der Waals surface area contributed by atoms with Crippen LogP contribution in [0.15, 0.2) is 18.2 Å². The van der Waals surface area contributed by atoms with Crippen molar-refractivity contribution in [2.75, 3.05) is 14.2 Å². The molecule has 86 valence electrons. The Balaban J connectivity index is 3.02. The Kier molecular flexibility index (Phi) is 4.72. The molecule has 2 heteroatoms. The summed E-state index contributed by atoms with van der Waals surface area (Å²) in [5.41, 5.74) is 1.11. The second-order valence-corrected chi connectivity index (χ2v) is 3.62. The van der Waals surface area contributed by atoms with E-state index >= 15 is 0 Å². The SMILES string of the molecule is C#C[C@@H](CCC)c1ccc(OC)c(OC)c1. The predicted molar refractivity (Wildman–Crippen MR) is 66.0 cm³/mol. The van der Waals surface area contributed by atoms with Crippen molar-refractivity contribution in [1.82, 2.24) is 0 Å². The lowest BCUT2D eigenvalue weighted by molar-refractivity contribution is 0.354. The summed E-state index contributed by atoms with van der Waals surface area (Å²) in [4.78, 5) is 0. The van der Waals surface area contributed by atoms with Gasteiger partial charge in [-0.3, -0.25) is 0 Å². The second-order valence-electron chi connectivity index (χ2n) is 3.62. The molecule has 0 saturated heterocycles. The summed E-state index contributed by atoms with van der Waals surface area (Å²) in [7, 11) is 3.26. The van der Waals surface area contributed by atoms with Crippen LogP contribution in [-0.2, 0) is 0 Å². The maximum Gasteiger partial charge on any atom is 0.161 e. The number of methoxy groups -OCH3 is 2. The Morgan fingerprint density at radius 3 is 2.44 bits per heavy atom. The van der Waals surface area contributed by atoms with Crippen LogP contribution in [0.3, 0.4) is 0 Å². The lowest BCUT2D eigenvalue weighted by atomic mass is 9.95. The van der Waals surface area contributed by atoms with Crippen LogP contribution < -0.4 is 9.47 Å². The fourth-order valence-corrected chi connectivity index (χ4v) is 1.70. The van der Waals surface area contributed by atoms with Gasteiger partial charge in [-0.05, 0) is 24.1 Å². The van der Waals surface area contributed by atoms with Gasteiger partial charge in [0.1, 0.15) is 0 Å². The zero-order valence-electron chi connectivity index (χ0n) is 10.1. The molecule has 1 rings (SSSR count). The number of hydrogen-bond donors (Lipinski definition) is 0. The number of terminal acetylenes is 1. The molecule has 0 aliphatic heterocycles. The van der Waals surface area contributed by atoms with Gasteiger partial charge < -0.3 is 9.47 Å².